The summed E-state index contributed by atoms with van der Waals surface area (Å²) in [4.78, 5) is 26.5. The van der Waals surface area contributed by atoms with Crippen molar-refractivity contribution in [1.29, 1.82) is 0 Å². The van der Waals surface area contributed by atoms with Gasteiger partial charge in [0.2, 0.25) is 5.91 Å². The number of nitrogens with zero attached hydrogens (tertiary/aromatic N) is 5. The molecule has 1 aromatic carbocycles. The Labute approximate surface area is 201 Å². The highest BCUT2D eigenvalue weighted by Gasteiger charge is 2.32. The average molecular weight is 547 g/mol. The zero-order valence-corrected chi connectivity index (χ0v) is 20.7. The van der Waals surface area contributed by atoms with E-state index in [1.807, 2.05) is 36.2 Å². The van der Waals surface area contributed by atoms with Crippen LogP contribution in [0, 0.1) is 0 Å². The number of benzene rings is 1. The van der Waals surface area contributed by atoms with Gasteiger partial charge in [-0.2, -0.15) is 0 Å². The average Bonchev–Trinajstić information content (AvgIpc) is 2.75. The van der Waals surface area contributed by atoms with Crippen molar-refractivity contribution < 1.29 is 4.79 Å². The molecule has 4 aliphatic heterocycles. The molecule has 1 N–H and O–H groups in total. The number of guanidine groups is 1. The SMILES string of the molecule is CN=C(NCC1CN2CCN1CC2)N1CCN(C(=O)Cc2cccc(Cl)c2)CC1.I. The standard InChI is InChI=1S/C21H31ClN6O.HI/c1-23-21(24-15-19-16-25-5-7-26(19)8-6-25)28-11-9-27(10-12-28)20(29)14-17-3-2-4-18(22)13-17;/h2-4,13,19H,5-12,14-16H2,1H3,(H,23,24);1H. The number of halogens is 2. The Morgan fingerprint density at radius 1 is 1.10 bits per heavy atom. The number of rotatable bonds is 4. The predicted molar refractivity (Wildman–Crippen MR) is 132 cm³/mol. The number of carbonyl (C=O) groups excluding carboxylic acids is 1. The lowest BCUT2D eigenvalue weighted by Gasteiger charge is -2.47. The Morgan fingerprint density at radius 2 is 1.80 bits per heavy atom. The number of fused-ring (bicyclic) bond motifs is 3. The molecule has 1 atom stereocenters. The summed E-state index contributed by atoms with van der Waals surface area (Å²) in [7, 11) is 1.84. The van der Waals surface area contributed by atoms with Crippen LogP contribution in [0.4, 0.5) is 0 Å². The maximum Gasteiger partial charge on any atom is 0.227 e. The highest BCUT2D eigenvalue weighted by atomic mass is 127. The van der Waals surface area contributed by atoms with Gasteiger partial charge in [0, 0.05) is 83.6 Å². The summed E-state index contributed by atoms with van der Waals surface area (Å²) < 4.78 is 0. The maximum absolute atomic E-state index is 12.6. The molecule has 7 nitrogen and oxygen atoms in total. The third-order valence-electron chi connectivity index (χ3n) is 6.28. The van der Waals surface area contributed by atoms with Gasteiger partial charge in [0.05, 0.1) is 6.42 Å². The molecule has 5 rings (SSSR count). The van der Waals surface area contributed by atoms with Crippen LogP contribution >= 0.6 is 35.6 Å². The molecular formula is C21H32ClIN6O. The van der Waals surface area contributed by atoms with Gasteiger partial charge in [-0.05, 0) is 17.7 Å². The van der Waals surface area contributed by atoms with Gasteiger partial charge in [-0.15, -0.1) is 24.0 Å². The Kier molecular flexibility index (Phi) is 8.62. The number of amides is 1. The molecule has 4 heterocycles. The summed E-state index contributed by atoms with van der Waals surface area (Å²) in [6.45, 7) is 9.91. The summed E-state index contributed by atoms with van der Waals surface area (Å²) in [5.74, 6) is 1.11. The van der Waals surface area contributed by atoms with Gasteiger partial charge in [-0.3, -0.25) is 19.6 Å². The Bertz CT molecular complexity index is 747. The van der Waals surface area contributed by atoms with Crippen LogP contribution < -0.4 is 5.32 Å². The lowest BCUT2D eigenvalue weighted by molar-refractivity contribution is -0.131. The zero-order chi connectivity index (χ0) is 20.2. The van der Waals surface area contributed by atoms with Crippen molar-refractivity contribution in [1.82, 2.24) is 24.9 Å². The van der Waals surface area contributed by atoms with Gasteiger partial charge < -0.3 is 15.1 Å². The molecule has 4 aliphatic rings. The molecular weight excluding hydrogens is 515 g/mol. The molecule has 0 radical (unpaired) electrons. The minimum Gasteiger partial charge on any atom is -0.355 e. The summed E-state index contributed by atoms with van der Waals surface area (Å²) >= 11 is 6.03. The number of hydrogen-bond donors (Lipinski definition) is 1. The van der Waals surface area contributed by atoms with E-state index >= 15 is 0 Å². The molecule has 4 fully saturated rings. The first-order chi connectivity index (χ1) is 14.1. The first-order valence-corrected chi connectivity index (χ1v) is 10.9. The monoisotopic (exact) mass is 546 g/mol. The molecule has 1 unspecified atom stereocenters. The lowest BCUT2D eigenvalue weighted by Crippen LogP contribution is -2.64. The molecule has 166 valence electrons. The number of nitrogens with one attached hydrogen (secondary N) is 1. The molecule has 4 saturated heterocycles. The molecule has 0 aliphatic carbocycles. The molecule has 1 amide bonds. The second-order valence-corrected chi connectivity index (χ2v) is 8.53. The van der Waals surface area contributed by atoms with Gasteiger partial charge in [-0.1, -0.05) is 23.7 Å². The number of piperazine rings is 4. The fraction of sp³-hybridized carbons (Fsp3) is 0.619. The number of hydrogen-bond acceptors (Lipinski definition) is 4. The topological polar surface area (TPSA) is 54.4 Å². The molecule has 2 bridgehead atoms. The van der Waals surface area contributed by atoms with Crippen LogP contribution in [0.25, 0.3) is 0 Å². The highest BCUT2D eigenvalue weighted by molar-refractivity contribution is 14.0. The molecule has 9 heteroatoms. The van der Waals surface area contributed by atoms with E-state index < -0.39 is 0 Å². The summed E-state index contributed by atoms with van der Waals surface area (Å²) in [6.07, 6.45) is 0.404. The van der Waals surface area contributed by atoms with Crippen LogP contribution in [0.5, 0.6) is 0 Å². The second kappa shape index (κ2) is 11.0. The largest absolute Gasteiger partial charge is 0.355 e. The lowest BCUT2D eigenvalue weighted by atomic mass is 10.1. The van der Waals surface area contributed by atoms with E-state index in [1.165, 1.54) is 26.2 Å². The molecule has 0 saturated carbocycles. The minimum atomic E-state index is 0. The van der Waals surface area contributed by atoms with Crippen molar-refractivity contribution in [2.24, 2.45) is 4.99 Å². The van der Waals surface area contributed by atoms with E-state index in [-0.39, 0.29) is 29.9 Å². The van der Waals surface area contributed by atoms with E-state index in [0.717, 1.165) is 50.8 Å². The Balaban J connectivity index is 0.00000256. The van der Waals surface area contributed by atoms with E-state index in [0.29, 0.717) is 17.5 Å². The van der Waals surface area contributed by atoms with Crippen molar-refractivity contribution in [3.63, 3.8) is 0 Å². The molecule has 0 aromatic heterocycles. The van der Waals surface area contributed by atoms with Gasteiger partial charge in [0.25, 0.3) is 0 Å². The van der Waals surface area contributed by atoms with E-state index in [2.05, 4.69) is 25.0 Å². The minimum absolute atomic E-state index is 0. The van der Waals surface area contributed by atoms with Crippen molar-refractivity contribution in [2.75, 3.05) is 72.5 Å². The van der Waals surface area contributed by atoms with Gasteiger partial charge in [0.15, 0.2) is 5.96 Å². The van der Waals surface area contributed by atoms with Crippen LogP contribution in [-0.4, -0.2) is 110 Å². The van der Waals surface area contributed by atoms with Crippen LogP contribution in [0.15, 0.2) is 29.3 Å². The smallest absolute Gasteiger partial charge is 0.227 e. The van der Waals surface area contributed by atoms with Crippen molar-refractivity contribution >= 4 is 47.4 Å². The normalized spacial score (nSPS) is 26.3. The first-order valence-electron chi connectivity index (χ1n) is 10.6. The maximum atomic E-state index is 12.6. The summed E-state index contributed by atoms with van der Waals surface area (Å²) in [5, 5.41) is 4.25. The van der Waals surface area contributed by atoms with Crippen molar-refractivity contribution in [2.45, 2.75) is 12.5 Å². The third-order valence-corrected chi connectivity index (χ3v) is 6.51. The Morgan fingerprint density at radius 3 is 2.40 bits per heavy atom. The van der Waals surface area contributed by atoms with Crippen LogP contribution in [-0.2, 0) is 11.2 Å². The predicted octanol–water partition coefficient (Wildman–Crippen LogP) is 1.22. The van der Waals surface area contributed by atoms with Gasteiger partial charge in [-0.25, -0.2) is 0 Å². The van der Waals surface area contributed by atoms with Crippen LogP contribution in [0.2, 0.25) is 5.02 Å². The van der Waals surface area contributed by atoms with Crippen LogP contribution in [0.3, 0.4) is 0 Å². The number of aliphatic imine (C=N–C) groups is 1. The van der Waals surface area contributed by atoms with Gasteiger partial charge >= 0.3 is 0 Å². The van der Waals surface area contributed by atoms with E-state index in [9.17, 15) is 4.79 Å². The van der Waals surface area contributed by atoms with Crippen molar-refractivity contribution in [3.05, 3.63) is 34.9 Å². The molecule has 30 heavy (non-hydrogen) atoms. The quantitative estimate of drug-likeness (QED) is 0.350. The summed E-state index contributed by atoms with van der Waals surface area (Å²) in [5.41, 5.74) is 0.968. The third kappa shape index (κ3) is 5.77. The first kappa shape index (κ1) is 23.6. The second-order valence-electron chi connectivity index (χ2n) is 8.09. The molecule has 0 spiro atoms. The van der Waals surface area contributed by atoms with E-state index in [1.54, 1.807) is 0 Å². The summed E-state index contributed by atoms with van der Waals surface area (Å²) in [6, 6.07) is 8.11. The van der Waals surface area contributed by atoms with Crippen LogP contribution in [0.1, 0.15) is 5.56 Å². The fourth-order valence-electron chi connectivity index (χ4n) is 4.56. The zero-order valence-electron chi connectivity index (χ0n) is 17.6. The van der Waals surface area contributed by atoms with Crippen molar-refractivity contribution in [3.8, 4) is 0 Å². The Hall–Kier alpha value is -1.10. The fourth-order valence-corrected chi connectivity index (χ4v) is 4.77. The van der Waals surface area contributed by atoms with Gasteiger partial charge in [0.1, 0.15) is 0 Å². The number of carbonyl (C=O) groups is 1. The molecule has 1 aromatic rings. The van der Waals surface area contributed by atoms with E-state index in [4.69, 9.17) is 11.6 Å². The highest BCUT2D eigenvalue weighted by Crippen LogP contribution is 2.15.